The fourth-order valence-corrected chi connectivity index (χ4v) is 2.89. The average Bonchev–Trinajstić information content (AvgIpc) is 2.59. The fourth-order valence-electron chi connectivity index (χ4n) is 2.89. The zero-order valence-electron chi connectivity index (χ0n) is 13.9. The molecule has 1 atom stereocenters. The number of ether oxygens (including phenoxy) is 1. The summed E-state index contributed by atoms with van der Waals surface area (Å²) in [5.74, 6) is -0.413. The average molecular weight is 342 g/mol. The van der Waals surface area contributed by atoms with E-state index in [2.05, 4.69) is 0 Å². The topological polar surface area (TPSA) is 72.6 Å². The van der Waals surface area contributed by atoms with Gasteiger partial charge in [0.2, 0.25) is 5.91 Å². The molecule has 0 fully saturated rings. The van der Waals surface area contributed by atoms with Crippen LogP contribution in [0.5, 0.6) is 5.75 Å². The highest BCUT2D eigenvalue weighted by Gasteiger charge is 2.30. The zero-order chi connectivity index (χ0) is 18.0. The van der Waals surface area contributed by atoms with Gasteiger partial charge in [-0.05, 0) is 54.8 Å². The quantitative estimate of drug-likeness (QED) is 0.906. The molecule has 0 spiro atoms. The number of amides is 2. The third-order valence-corrected chi connectivity index (χ3v) is 4.36. The highest BCUT2D eigenvalue weighted by Crippen LogP contribution is 2.25. The van der Waals surface area contributed by atoms with Crippen molar-refractivity contribution in [2.24, 2.45) is 5.73 Å². The predicted molar refractivity (Wildman–Crippen MR) is 90.6 cm³/mol. The second-order valence-electron chi connectivity index (χ2n) is 6.06. The molecule has 5 nitrogen and oxygen atoms in total. The number of carbonyl (C=O) groups excluding carboxylic acids is 2. The van der Waals surface area contributed by atoms with Crippen LogP contribution in [0.2, 0.25) is 0 Å². The first-order chi connectivity index (χ1) is 12.0. The van der Waals surface area contributed by atoms with Gasteiger partial charge in [0.25, 0.3) is 5.91 Å². The molecule has 0 unspecified atom stereocenters. The maximum atomic E-state index is 13.2. The highest BCUT2D eigenvalue weighted by atomic mass is 19.1. The number of fused-ring (bicyclic) bond motifs is 1. The van der Waals surface area contributed by atoms with Crippen molar-refractivity contribution in [3.63, 3.8) is 0 Å². The van der Waals surface area contributed by atoms with Crippen LogP contribution in [0, 0.1) is 5.82 Å². The van der Waals surface area contributed by atoms with E-state index in [-0.39, 0.29) is 18.3 Å². The second-order valence-corrected chi connectivity index (χ2v) is 6.06. The lowest BCUT2D eigenvalue weighted by Gasteiger charge is -2.32. The fraction of sp³-hybridized carbons (Fsp3) is 0.263. The molecule has 0 radical (unpaired) electrons. The van der Waals surface area contributed by atoms with E-state index in [0.717, 1.165) is 11.1 Å². The molecule has 2 aromatic carbocycles. The molecule has 6 heteroatoms. The molecule has 0 saturated carbocycles. The highest BCUT2D eigenvalue weighted by molar-refractivity contribution is 5.99. The number of carbonyl (C=O) groups is 2. The van der Waals surface area contributed by atoms with Crippen LogP contribution in [0.1, 0.15) is 28.4 Å². The Bertz CT molecular complexity index is 822. The third kappa shape index (κ3) is 3.63. The second kappa shape index (κ2) is 6.93. The number of halogens is 1. The Labute approximate surface area is 145 Å². The van der Waals surface area contributed by atoms with Gasteiger partial charge in [-0.15, -0.1) is 0 Å². The number of primary amides is 1. The van der Waals surface area contributed by atoms with Crippen molar-refractivity contribution in [3.8, 4) is 5.75 Å². The number of benzene rings is 2. The normalized spacial score (nSPS) is 14.8. The van der Waals surface area contributed by atoms with E-state index in [0.29, 0.717) is 24.3 Å². The summed E-state index contributed by atoms with van der Waals surface area (Å²) in [6.45, 7) is 2.31. The van der Waals surface area contributed by atoms with Crippen LogP contribution in [-0.2, 0) is 17.8 Å². The van der Waals surface area contributed by atoms with Gasteiger partial charge in [0.1, 0.15) is 24.2 Å². The molecule has 130 valence electrons. The van der Waals surface area contributed by atoms with Crippen LogP contribution in [0.25, 0.3) is 0 Å². The monoisotopic (exact) mass is 342 g/mol. The molecule has 1 aliphatic rings. The van der Waals surface area contributed by atoms with Gasteiger partial charge in [0.15, 0.2) is 0 Å². The summed E-state index contributed by atoms with van der Waals surface area (Å²) in [7, 11) is 0. The molecular formula is C19H19FN2O3. The summed E-state index contributed by atoms with van der Waals surface area (Å²) in [5.41, 5.74) is 7.45. The minimum Gasteiger partial charge on any atom is -0.489 e. The van der Waals surface area contributed by atoms with Crippen LogP contribution < -0.4 is 10.5 Å². The van der Waals surface area contributed by atoms with Gasteiger partial charge in [-0.1, -0.05) is 12.1 Å². The van der Waals surface area contributed by atoms with E-state index in [4.69, 9.17) is 10.5 Å². The van der Waals surface area contributed by atoms with Crippen molar-refractivity contribution in [1.29, 1.82) is 0 Å². The Hall–Kier alpha value is -2.89. The Kier molecular flexibility index (Phi) is 4.70. The first-order valence-corrected chi connectivity index (χ1v) is 8.06. The van der Waals surface area contributed by atoms with Crippen LogP contribution >= 0.6 is 0 Å². The van der Waals surface area contributed by atoms with E-state index >= 15 is 0 Å². The molecule has 25 heavy (non-hydrogen) atoms. The van der Waals surface area contributed by atoms with Crippen LogP contribution in [0.3, 0.4) is 0 Å². The van der Waals surface area contributed by atoms with Gasteiger partial charge in [0, 0.05) is 12.1 Å². The lowest BCUT2D eigenvalue weighted by Crippen LogP contribution is -2.49. The van der Waals surface area contributed by atoms with Gasteiger partial charge in [-0.3, -0.25) is 9.59 Å². The summed E-state index contributed by atoms with van der Waals surface area (Å²) in [4.78, 5) is 25.3. The Morgan fingerprint density at radius 2 is 2.12 bits per heavy atom. The minimum absolute atomic E-state index is 0.204. The van der Waals surface area contributed by atoms with Crippen molar-refractivity contribution in [3.05, 3.63) is 65.0 Å². The molecule has 0 aliphatic carbocycles. The maximum absolute atomic E-state index is 13.2. The molecule has 0 saturated heterocycles. The summed E-state index contributed by atoms with van der Waals surface area (Å²) in [6.07, 6.45) is 0.621. The summed E-state index contributed by atoms with van der Waals surface area (Å²) >= 11 is 0. The standard InChI is InChI=1S/C19H19FN2O3/c1-12(18(21)23)22-8-7-14-10-16(5-6-17(14)19(22)24)25-11-13-3-2-4-15(20)9-13/h2-6,9-10,12H,7-8,11H2,1H3,(H2,21,23)/t12-/m0/s1. The lowest BCUT2D eigenvalue weighted by atomic mass is 9.97. The number of rotatable bonds is 5. The molecule has 3 rings (SSSR count). The van der Waals surface area contributed by atoms with E-state index in [1.54, 1.807) is 31.2 Å². The molecule has 2 N–H and O–H groups in total. The molecule has 2 amide bonds. The summed E-state index contributed by atoms with van der Waals surface area (Å²) in [5, 5.41) is 0. The first-order valence-electron chi connectivity index (χ1n) is 8.06. The Balaban J connectivity index is 1.73. The van der Waals surface area contributed by atoms with E-state index in [9.17, 15) is 14.0 Å². The summed E-state index contributed by atoms with van der Waals surface area (Å²) in [6, 6.07) is 10.8. The van der Waals surface area contributed by atoms with E-state index in [1.807, 2.05) is 6.07 Å². The lowest BCUT2D eigenvalue weighted by molar-refractivity contribution is -0.122. The van der Waals surface area contributed by atoms with Gasteiger partial charge in [-0.25, -0.2) is 4.39 Å². The smallest absolute Gasteiger partial charge is 0.254 e. The molecule has 0 aromatic heterocycles. The van der Waals surface area contributed by atoms with Gasteiger partial charge in [-0.2, -0.15) is 0 Å². The van der Waals surface area contributed by atoms with Gasteiger partial charge in [0.05, 0.1) is 0 Å². The van der Waals surface area contributed by atoms with Crippen LogP contribution in [-0.4, -0.2) is 29.3 Å². The third-order valence-electron chi connectivity index (χ3n) is 4.36. The number of hydrogen-bond acceptors (Lipinski definition) is 3. The number of nitrogens with two attached hydrogens (primary N) is 1. The minimum atomic E-state index is -0.635. The first kappa shape index (κ1) is 17.0. The zero-order valence-corrected chi connectivity index (χ0v) is 13.9. The number of nitrogens with zero attached hydrogens (tertiary/aromatic N) is 1. The van der Waals surface area contributed by atoms with Crippen LogP contribution in [0.15, 0.2) is 42.5 Å². The van der Waals surface area contributed by atoms with Gasteiger partial charge < -0.3 is 15.4 Å². The molecule has 1 heterocycles. The summed E-state index contributed by atoms with van der Waals surface area (Å²) < 4.78 is 18.9. The predicted octanol–water partition coefficient (Wildman–Crippen LogP) is 2.28. The van der Waals surface area contributed by atoms with Crippen molar-refractivity contribution in [1.82, 2.24) is 4.90 Å². The maximum Gasteiger partial charge on any atom is 0.254 e. The SMILES string of the molecule is C[C@@H](C(N)=O)N1CCc2cc(OCc3cccc(F)c3)ccc2C1=O. The van der Waals surface area contributed by atoms with Gasteiger partial charge >= 0.3 is 0 Å². The van der Waals surface area contributed by atoms with Crippen molar-refractivity contribution in [2.75, 3.05) is 6.54 Å². The largest absolute Gasteiger partial charge is 0.489 e. The van der Waals surface area contributed by atoms with E-state index in [1.165, 1.54) is 17.0 Å². The number of hydrogen-bond donors (Lipinski definition) is 1. The Morgan fingerprint density at radius 1 is 1.32 bits per heavy atom. The molecule has 1 aliphatic heterocycles. The van der Waals surface area contributed by atoms with Crippen LogP contribution in [0.4, 0.5) is 4.39 Å². The molecule has 2 aromatic rings. The van der Waals surface area contributed by atoms with Crippen molar-refractivity contribution < 1.29 is 18.7 Å². The Morgan fingerprint density at radius 3 is 2.84 bits per heavy atom. The van der Waals surface area contributed by atoms with Crippen molar-refractivity contribution in [2.45, 2.75) is 26.0 Å². The molecule has 0 bridgehead atoms. The van der Waals surface area contributed by atoms with Crippen molar-refractivity contribution >= 4 is 11.8 Å². The van der Waals surface area contributed by atoms with E-state index < -0.39 is 11.9 Å². The molecular weight excluding hydrogens is 323 g/mol.